The highest BCUT2D eigenvalue weighted by molar-refractivity contribution is 6.38. The van der Waals surface area contributed by atoms with Gasteiger partial charge in [0.05, 0.1) is 6.04 Å². The first-order chi connectivity index (χ1) is 4.95. The lowest BCUT2D eigenvalue weighted by Gasteiger charge is -2.10. The van der Waals surface area contributed by atoms with E-state index >= 15 is 0 Å². The van der Waals surface area contributed by atoms with Gasteiger partial charge in [-0.1, -0.05) is 13.8 Å². The van der Waals surface area contributed by atoms with Crippen LogP contribution in [0.25, 0.3) is 0 Å². The molecule has 0 aromatic rings. The average Bonchev–Trinajstić information content (AvgIpc) is 1.84. The molecule has 1 atom stereocenters. The van der Waals surface area contributed by atoms with Crippen LogP contribution >= 0.6 is 0 Å². The Labute approximate surface area is 67.0 Å². The number of hydrogen-bond donors (Lipinski definition) is 1. The number of carbonyl (C=O) groups is 2. The first-order valence-corrected chi connectivity index (χ1v) is 3.75. The maximum absolute atomic E-state index is 10.9. The van der Waals surface area contributed by atoms with Crippen LogP contribution in [0, 0.1) is 5.92 Å². The molecule has 0 amide bonds. The van der Waals surface area contributed by atoms with Gasteiger partial charge in [0.25, 0.3) is 0 Å². The number of rotatable bonds is 4. The van der Waals surface area contributed by atoms with E-state index in [-0.39, 0.29) is 0 Å². The highest BCUT2D eigenvalue weighted by Crippen LogP contribution is 2.03. The van der Waals surface area contributed by atoms with E-state index < -0.39 is 17.6 Å². The fourth-order valence-corrected chi connectivity index (χ4v) is 0.876. The number of Topliss-reactive ketones (excluding diaryl/α,β-unsaturated/α-hetero) is 2. The molecule has 0 aliphatic rings. The molecule has 0 rings (SSSR count). The van der Waals surface area contributed by atoms with Crippen LogP contribution < -0.4 is 5.73 Å². The summed E-state index contributed by atoms with van der Waals surface area (Å²) < 4.78 is 0. The van der Waals surface area contributed by atoms with Crippen molar-refractivity contribution in [1.29, 1.82) is 0 Å². The summed E-state index contributed by atoms with van der Waals surface area (Å²) in [6.07, 6.45) is 0.582. The van der Waals surface area contributed by atoms with Crippen LogP contribution in [0.2, 0.25) is 0 Å². The Kier molecular flexibility index (Phi) is 3.97. The number of hydrogen-bond acceptors (Lipinski definition) is 3. The molecule has 0 heterocycles. The van der Waals surface area contributed by atoms with Gasteiger partial charge in [-0.25, -0.2) is 0 Å². The van der Waals surface area contributed by atoms with Crippen molar-refractivity contribution < 1.29 is 9.59 Å². The average molecular weight is 157 g/mol. The van der Waals surface area contributed by atoms with E-state index in [1.807, 2.05) is 13.8 Å². The zero-order valence-corrected chi connectivity index (χ0v) is 7.26. The summed E-state index contributed by atoms with van der Waals surface area (Å²) in [5.41, 5.74) is 5.45. The Morgan fingerprint density at radius 1 is 1.36 bits per heavy atom. The van der Waals surface area contributed by atoms with Crippen LogP contribution in [-0.2, 0) is 9.59 Å². The molecule has 0 spiro atoms. The lowest BCUT2D eigenvalue weighted by Crippen LogP contribution is -2.35. The summed E-state index contributed by atoms with van der Waals surface area (Å²) in [4.78, 5) is 21.4. The van der Waals surface area contributed by atoms with Gasteiger partial charge in [-0.2, -0.15) is 0 Å². The molecule has 0 aromatic carbocycles. The molecule has 3 heteroatoms. The highest BCUT2D eigenvalue weighted by Gasteiger charge is 2.18. The molecule has 0 saturated heterocycles. The molecule has 11 heavy (non-hydrogen) atoms. The van der Waals surface area contributed by atoms with Crippen LogP contribution in [-0.4, -0.2) is 17.6 Å². The predicted molar refractivity (Wildman–Crippen MR) is 43.1 cm³/mol. The smallest absolute Gasteiger partial charge is 0.214 e. The third-order valence-electron chi connectivity index (χ3n) is 1.41. The quantitative estimate of drug-likeness (QED) is 0.605. The van der Waals surface area contributed by atoms with E-state index in [9.17, 15) is 9.59 Å². The predicted octanol–water partition coefficient (Wildman–Crippen LogP) is 0.518. The monoisotopic (exact) mass is 157 g/mol. The minimum atomic E-state index is -0.604. The van der Waals surface area contributed by atoms with E-state index in [1.165, 1.54) is 6.92 Å². The van der Waals surface area contributed by atoms with Gasteiger partial charge in [0.15, 0.2) is 5.78 Å². The third kappa shape index (κ3) is 3.88. The first-order valence-electron chi connectivity index (χ1n) is 3.75. The van der Waals surface area contributed by atoms with Crippen molar-refractivity contribution in [2.75, 3.05) is 0 Å². The SMILES string of the molecule is CC(=O)C(=O)[C@@H](N)CC(C)C. The third-order valence-corrected chi connectivity index (χ3v) is 1.41. The van der Waals surface area contributed by atoms with Crippen molar-refractivity contribution in [3.63, 3.8) is 0 Å². The van der Waals surface area contributed by atoms with Gasteiger partial charge >= 0.3 is 0 Å². The molecule has 0 aliphatic carbocycles. The van der Waals surface area contributed by atoms with Crippen LogP contribution in [0.15, 0.2) is 0 Å². The fourth-order valence-electron chi connectivity index (χ4n) is 0.876. The molecular formula is C8H15NO2. The highest BCUT2D eigenvalue weighted by atomic mass is 16.2. The second-order valence-corrected chi connectivity index (χ2v) is 3.16. The zero-order valence-electron chi connectivity index (χ0n) is 7.26. The molecule has 0 radical (unpaired) electrons. The van der Waals surface area contributed by atoms with E-state index in [0.717, 1.165) is 0 Å². The van der Waals surface area contributed by atoms with Crippen LogP contribution in [0.4, 0.5) is 0 Å². The maximum atomic E-state index is 10.9. The number of ketones is 2. The van der Waals surface area contributed by atoms with E-state index in [2.05, 4.69) is 0 Å². The summed E-state index contributed by atoms with van der Waals surface area (Å²) in [7, 11) is 0. The minimum Gasteiger partial charge on any atom is -0.321 e. The minimum absolute atomic E-state index is 0.355. The van der Waals surface area contributed by atoms with Crippen molar-refractivity contribution in [2.24, 2.45) is 11.7 Å². The van der Waals surface area contributed by atoms with Crippen molar-refractivity contribution >= 4 is 11.6 Å². The topological polar surface area (TPSA) is 60.2 Å². The van der Waals surface area contributed by atoms with Crippen molar-refractivity contribution in [3.8, 4) is 0 Å². The van der Waals surface area contributed by atoms with Gasteiger partial charge in [0.1, 0.15) is 0 Å². The number of carbonyl (C=O) groups excluding carboxylic acids is 2. The Balaban J connectivity index is 3.93. The molecule has 0 aliphatic heterocycles. The van der Waals surface area contributed by atoms with Crippen LogP contribution in [0.3, 0.4) is 0 Å². The Bertz CT molecular complexity index is 163. The van der Waals surface area contributed by atoms with Gasteiger partial charge in [-0.3, -0.25) is 9.59 Å². The van der Waals surface area contributed by atoms with Crippen LogP contribution in [0.1, 0.15) is 27.2 Å². The molecule has 0 saturated carbocycles. The second kappa shape index (κ2) is 4.23. The van der Waals surface area contributed by atoms with Gasteiger partial charge < -0.3 is 5.73 Å². The summed E-state index contributed by atoms with van der Waals surface area (Å²) in [6.45, 7) is 5.18. The largest absolute Gasteiger partial charge is 0.321 e. The van der Waals surface area contributed by atoms with Crippen molar-refractivity contribution in [3.05, 3.63) is 0 Å². The maximum Gasteiger partial charge on any atom is 0.214 e. The lowest BCUT2D eigenvalue weighted by molar-refractivity contribution is -0.136. The Morgan fingerprint density at radius 3 is 2.09 bits per heavy atom. The summed E-state index contributed by atoms with van der Waals surface area (Å²) >= 11 is 0. The summed E-state index contributed by atoms with van der Waals surface area (Å²) in [5, 5.41) is 0. The molecule has 3 nitrogen and oxygen atoms in total. The van der Waals surface area contributed by atoms with E-state index in [4.69, 9.17) is 5.73 Å². The van der Waals surface area contributed by atoms with Gasteiger partial charge in [-0.05, 0) is 12.3 Å². The fraction of sp³-hybridized carbons (Fsp3) is 0.750. The van der Waals surface area contributed by atoms with E-state index in [0.29, 0.717) is 12.3 Å². The molecule has 64 valence electrons. The molecule has 0 aromatic heterocycles. The molecule has 0 unspecified atom stereocenters. The van der Waals surface area contributed by atoms with Crippen LogP contribution in [0.5, 0.6) is 0 Å². The molecular weight excluding hydrogens is 142 g/mol. The zero-order chi connectivity index (χ0) is 9.02. The van der Waals surface area contributed by atoms with E-state index in [1.54, 1.807) is 0 Å². The normalized spacial score (nSPS) is 13.2. The van der Waals surface area contributed by atoms with Gasteiger partial charge in [0.2, 0.25) is 5.78 Å². The van der Waals surface area contributed by atoms with Gasteiger partial charge in [0, 0.05) is 6.92 Å². The van der Waals surface area contributed by atoms with Gasteiger partial charge in [-0.15, -0.1) is 0 Å². The lowest BCUT2D eigenvalue weighted by atomic mass is 10.00. The molecule has 0 fully saturated rings. The summed E-state index contributed by atoms with van der Waals surface area (Å²) in [5.74, 6) is -0.551. The first kappa shape index (κ1) is 10.3. The van der Waals surface area contributed by atoms with Crippen molar-refractivity contribution in [1.82, 2.24) is 0 Å². The molecule has 2 N–H and O–H groups in total. The Morgan fingerprint density at radius 2 is 1.82 bits per heavy atom. The Hall–Kier alpha value is -0.700. The summed E-state index contributed by atoms with van der Waals surface area (Å²) in [6, 6.07) is -0.604. The van der Waals surface area contributed by atoms with Crippen molar-refractivity contribution in [2.45, 2.75) is 33.2 Å². The molecule has 0 bridgehead atoms. The standard InChI is InChI=1S/C8H15NO2/c1-5(2)4-7(9)8(11)6(3)10/h5,7H,4,9H2,1-3H3/t7-/m0/s1. The second-order valence-electron chi connectivity index (χ2n) is 3.16. The number of nitrogens with two attached hydrogens (primary N) is 1.